The highest BCUT2D eigenvalue weighted by atomic mass is 16.5. The van der Waals surface area contributed by atoms with Crippen molar-refractivity contribution in [2.45, 2.75) is 12.8 Å². The number of hydrogen-bond donors (Lipinski definition) is 1. The van der Waals surface area contributed by atoms with Gasteiger partial charge in [-0.2, -0.15) is 0 Å². The topological polar surface area (TPSA) is 63.6 Å². The summed E-state index contributed by atoms with van der Waals surface area (Å²) in [5.41, 5.74) is 0.930. The van der Waals surface area contributed by atoms with Gasteiger partial charge in [-0.3, -0.25) is 9.59 Å². The number of carboxylic acids is 1. The third-order valence-corrected chi connectivity index (χ3v) is 3.34. The molecule has 0 aliphatic carbocycles. The van der Waals surface area contributed by atoms with Crippen molar-refractivity contribution in [2.75, 3.05) is 7.11 Å². The predicted octanol–water partition coefficient (Wildman–Crippen LogP) is 2.65. The lowest BCUT2D eigenvalue weighted by Gasteiger charge is -2.13. The number of hydrogen-bond acceptors (Lipinski definition) is 3. The average molecular weight is 272 g/mol. The van der Waals surface area contributed by atoms with Gasteiger partial charge < -0.3 is 9.84 Å². The Morgan fingerprint density at radius 3 is 2.55 bits per heavy atom. The van der Waals surface area contributed by atoms with Crippen molar-refractivity contribution in [3.05, 3.63) is 48.0 Å². The standard InChI is InChI=1S/C16H16O4/c1-20-15(17)10-13(16(18)19)9-12-7-4-6-11-5-2-3-8-14(11)12/h2-8,13H,9-10H2,1H3,(H,18,19). The second kappa shape index (κ2) is 6.19. The molecule has 1 atom stereocenters. The molecular weight excluding hydrogens is 256 g/mol. The van der Waals surface area contributed by atoms with Gasteiger partial charge in [0.05, 0.1) is 19.4 Å². The predicted molar refractivity (Wildman–Crippen MR) is 75.4 cm³/mol. The number of rotatable bonds is 5. The third kappa shape index (κ3) is 3.15. The molecular formula is C16H16O4. The van der Waals surface area contributed by atoms with Gasteiger partial charge in [-0.15, -0.1) is 0 Å². The van der Waals surface area contributed by atoms with Crippen molar-refractivity contribution in [3.8, 4) is 0 Å². The van der Waals surface area contributed by atoms with Crippen LogP contribution < -0.4 is 0 Å². The van der Waals surface area contributed by atoms with Gasteiger partial charge in [0, 0.05) is 0 Å². The minimum absolute atomic E-state index is 0.116. The molecule has 0 radical (unpaired) electrons. The molecule has 0 saturated heterocycles. The Morgan fingerprint density at radius 2 is 1.85 bits per heavy atom. The summed E-state index contributed by atoms with van der Waals surface area (Å²) in [6.45, 7) is 0. The van der Waals surface area contributed by atoms with E-state index in [1.807, 2.05) is 42.5 Å². The molecule has 0 aliphatic heterocycles. The Hall–Kier alpha value is -2.36. The van der Waals surface area contributed by atoms with E-state index in [0.29, 0.717) is 6.42 Å². The summed E-state index contributed by atoms with van der Waals surface area (Å²) < 4.78 is 4.55. The first kappa shape index (κ1) is 14.1. The van der Waals surface area contributed by atoms with Crippen LogP contribution in [-0.2, 0) is 20.7 Å². The molecule has 0 aromatic heterocycles. The molecule has 0 fully saturated rings. The zero-order valence-corrected chi connectivity index (χ0v) is 11.2. The van der Waals surface area contributed by atoms with Crippen molar-refractivity contribution in [2.24, 2.45) is 5.92 Å². The molecule has 0 heterocycles. The number of ether oxygens (including phenoxy) is 1. The van der Waals surface area contributed by atoms with Crippen molar-refractivity contribution in [3.63, 3.8) is 0 Å². The lowest BCUT2D eigenvalue weighted by atomic mass is 9.93. The molecule has 104 valence electrons. The van der Waals surface area contributed by atoms with Crippen molar-refractivity contribution in [1.29, 1.82) is 0 Å². The smallest absolute Gasteiger partial charge is 0.307 e. The fraction of sp³-hybridized carbons (Fsp3) is 0.250. The molecule has 2 aromatic rings. The third-order valence-electron chi connectivity index (χ3n) is 3.34. The second-order valence-corrected chi connectivity index (χ2v) is 4.66. The molecule has 0 bridgehead atoms. The molecule has 2 rings (SSSR count). The van der Waals surface area contributed by atoms with Crippen molar-refractivity contribution >= 4 is 22.7 Å². The van der Waals surface area contributed by atoms with Gasteiger partial charge in [0.1, 0.15) is 0 Å². The van der Waals surface area contributed by atoms with E-state index in [-0.39, 0.29) is 6.42 Å². The Labute approximate surface area is 117 Å². The summed E-state index contributed by atoms with van der Waals surface area (Å²) in [6.07, 6.45) is 0.195. The normalized spacial score (nSPS) is 12.1. The molecule has 20 heavy (non-hydrogen) atoms. The highest BCUT2D eigenvalue weighted by Crippen LogP contribution is 2.22. The Morgan fingerprint density at radius 1 is 1.15 bits per heavy atom. The first-order valence-electron chi connectivity index (χ1n) is 6.38. The van der Waals surface area contributed by atoms with E-state index in [1.165, 1.54) is 7.11 Å². The van der Waals surface area contributed by atoms with Gasteiger partial charge in [-0.05, 0) is 22.8 Å². The van der Waals surface area contributed by atoms with E-state index in [9.17, 15) is 14.7 Å². The fourth-order valence-corrected chi connectivity index (χ4v) is 2.27. The van der Waals surface area contributed by atoms with Crippen molar-refractivity contribution < 1.29 is 19.4 Å². The number of carboxylic acid groups (broad SMARTS) is 1. The quantitative estimate of drug-likeness (QED) is 0.850. The Balaban J connectivity index is 2.29. The van der Waals surface area contributed by atoms with Gasteiger partial charge in [-0.1, -0.05) is 42.5 Å². The van der Waals surface area contributed by atoms with Crippen LogP contribution in [0.5, 0.6) is 0 Å². The van der Waals surface area contributed by atoms with Gasteiger partial charge in [0.2, 0.25) is 0 Å². The molecule has 1 N–H and O–H groups in total. The molecule has 4 heteroatoms. The number of methoxy groups -OCH3 is 1. The number of carbonyl (C=O) groups is 2. The SMILES string of the molecule is COC(=O)CC(Cc1cccc2ccccc12)C(=O)O. The molecule has 1 unspecified atom stereocenters. The minimum Gasteiger partial charge on any atom is -0.481 e. The molecule has 0 saturated carbocycles. The van der Waals surface area contributed by atoms with Crippen LogP contribution in [-0.4, -0.2) is 24.2 Å². The van der Waals surface area contributed by atoms with Gasteiger partial charge in [0.15, 0.2) is 0 Å². The maximum atomic E-state index is 11.3. The number of esters is 1. The van der Waals surface area contributed by atoms with Crippen LogP contribution in [0.1, 0.15) is 12.0 Å². The van der Waals surface area contributed by atoms with E-state index < -0.39 is 17.9 Å². The molecule has 0 amide bonds. The van der Waals surface area contributed by atoms with Crippen LogP contribution in [0.2, 0.25) is 0 Å². The number of aliphatic carboxylic acids is 1. The largest absolute Gasteiger partial charge is 0.481 e. The fourth-order valence-electron chi connectivity index (χ4n) is 2.27. The van der Waals surface area contributed by atoms with Crippen LogP contribution in [0.25, 0.3) is 10.8 Å². The summed E-state index contributed by atoms with van der Waals surface area (Å²) in [5.74, 6) is -2.26. The summed E-state index contributed by atoms with van der Waals surface area (Å²) in [6, 6.07) is 13.6. The monoisotopic (exact) mass is 272 g/mol. The van der Waals surface area contributed by atoms with E-state index in [0.717, 1.165) is 16.3 Å². The summed E-state index contributed by atoms with van der Waals surface area (Å²) >= 11 is 0. The van der Waals surface area contributed by atoms with Crippen LogP contribution in [0.4, 0.5) is 0 Å². The summed E-state index contributed by atoms with van der Waals surface area (Å²) in [5, 5.41) is 11.3. The van der Waals surface area contributed by atoms with Gasteiger partial charge in [0.25, 0.3) is 0 Å². The maximum absolute atomic E-state index is 11.3. The highest BCUT2D eigenvalue weighted by Gasteiger charge is 2.22. The van der Waals surface area contributed by atoms with Gasteiger partial charge >= 0.3 is 11.9 Å². The van der Waals surface area contributed by atoms with Crippen LogP contribution in [0.3, 0.4) is 0 Å². The van der Waals surface area contributed by atoms with Crippen molar-refractivity contribution in [1.82, 2.24) is 0 Å². The van der Waals surface area contributed by atoms with Crippen LogP contribution >= 0.6 is 0 Å². The summed E-state index contributed by atoms with van der Waals surface area (Å²) in [7, 11) is 1.26. The summed E-state index contributed by atoms with van der Waals surface area (Å²) in [4.78, 5) is 22.6. The zero-order chi connectivity index (χ0) is 14.5. The van der Waals surface area contributed by atoms with Gasteiger partial charge in [-0.25, -0.2) is 0 Å². The van der Waals surface area contributed by atoms with E-state index >= 15 is 0 Å². The Bertz CT molecular complexity index is 628. The molecule has 0 aliphatic rings. The lowest BCUT2D eigenvalue weighted by molar-refractivity contribution is -0.149. The number of fused-ring (bicyclic) bond motifs is 1. The Kier molecular flexibility index (Phi) is 4.35. The maximum Gasteiger partial charge on any atom is 0.307 e. The molecule has 2 aromatic carbocycles. The highest BCUT2D eigenvalue weighted by molar-refractivity contribution is 5.86. The average Bonchev–Trinajstić information content (AvgIpc) is 2.46. The zero-order valence-electron chi connectivity index (χ0n) is 11.2. The first-order chi connectivity index (χ1) is 9.61. The van der Waals surface area contributed by atoms with E-state index in [1.54, 1.807) is 0 Å². The first-order valence-corrected chi connectivity index (χ1v) is 6.38. The van der Waals surface area contributed by atoms with E-state index in [2.05, 4.69) is 4.74 Å². The molecule has 0 spiro atoms. The van der Waals surface area contributed by atoms with Crippen LogP contribution in [0.15, 0.2) is 42.5 Å². The number of carbonyl (C=O) groups excluding carboxylic acids is 1. The van der Waals surface area contributed by atoms with Crippen LogP contribution in [0, 0.1) is 5.92 Å². The minimum atomic E-state index is -0.983. The molecule has 4 nitrogen and oxygen atoms in total. The second-order valence-electron chi connectivity index (χ2n) is 4.66. The lowest BCUT2D eigenvalue weighted by Crippen LogP contribution is -2.21. The number of benzene rings is 2. The van der Waals surface area contributed by atoms with E-state index in [4.69, 9.17) is 0 Å².